The average Bonchev–Trinajstić information content (AvgIpc) is 2.93. The second-order valence-electron chi connectivity index (χ2n) is 5.19. The van der Waals surface area contributed by atoms with E-state index in [9.17, 15) is 17.6 Å². The van der Waals surface area contributed by atoms with Gasteiger partial charge in [0.1, 0.15) is 11.7 Å². The molecule has 2 atom stereocenters. The average molecular weight is 397 g/mol. The van der Waals surface area contributed by atoms with Crippen molar-refractivity contribution in [3.8, 4) is 0 Å². The number of hydrogen-bond donors (Lipinski definition) is 0. The van der Waals surface area contributed by atoms with Crippen LogP contribution < -0.4 is 4.90 Å². The van der Waals surface area contributed by atoms with Crippen molar-refractivity contribution < 1.29 is 17.6 Å². The Morgan fingerprint density at radius 1 is 1.43 bits per heavy atom. The minimum absolute atomic E-state index is 0.0157. The number of carbonyl (C=O) groups is 1. The Bertz CT molecular complexity index is 800. The van der Waals surface area contributed by atoms with Crippen LogP contribution in [0.4, 0.5) is 10.1 Å². The van der Waals surface area contributed by atoms with Gasteiger partial charge in [0.15, 0.2) is 15.0 Å². The lowest BCUT2D eigenvalue weighted by Gasteiger charge is -2.24. The number of hydrogen-bond acceptors (Lipinski definition) is 4. The normalized spacial score (nSPS) is 27.4. The maximum atomic E-state index is 13.4. The Labute approximate surface area is 146 Å². The smallest absolute Gasteiger partial charge is 0.262 e. The van der Waals surface area contributed by atoms with Crippen molar-refractivity contribution in [1.82, 2.24) is 0 Å². The van der Waals surface area contributed by atoms with Gasteiger partial charge in [-0.1, -0.05) is 23.4 Å². The van der Waals surface area contributed by atoms with Crippen molar-refractivity contribution in [3.63, 3.8) is 0 Å². The summed E-state index contributed by atoms with van der Waals surface area (Å²) in [6.07, 6.45) is 0. The number of amidine groups is 1. The van der Waals surface area contributed by atoms with Crippen LogP contribution in [-0.2, 0) is 14.6 Å². The van der Waals surface area contributed by atoms with Crippen molar-refractivity contribution in [2.75, 3.05) is 22.3 Å². The number of anilines is 1. The van der Waals surface area contributed by atoms with Crippen LogP contribution in [-0.4, -0.2) is 48.2 Å². The van der Waals surface area contributed by atoms with Crippen LogP contribution in [0.15, 0.2) is 23.2 Å². The number of nitrogens with zero attached hydrogens (tertiary/aromatic N) is 2. The van der Waals surface area contributed by atoms with Crippen LogP contribution in [0.1, 0.15) is 0 Å². The van der Waals surface area contributed by atoms with Gasteiger partial charge in [-0.2, -0.15) is 4.99 Å². The van der Waals surface area contributed by atoms with Gasteiger partial charge in [0, 0.05) is 10.9 Å². The largest absolute Gasteiger partial charge is 0.316 e. The Morgan fingerprint density at radius 3 is 2.83 bits per heavy atom. The van der Waals surface area contributed by atoms with Crippen molar-refractivity contribution in [2.45, 2.75) is 11.3 Å². The molecular weight excluding hydrogens is 386 g/mol. The van der Waals surface area contributed by atoms with E-state index in [2.05, 4.69) is 4.99 Å². The van der Waals surface area contributed by atoms with Crippen LogP contribution in [0.2, 0.25) is 5.02 Å². The van der Waals surface area contributed by atoms with Crippen molar-refractivity contribution >= 4 is 61.6 Å². The zero-order chi connectivity index (χ0) is 16.8. The number of rotatable bonds is 2. The molecular formula is C13H11Cl2FN2O3S2. The Kier molecular flexibility index (Phi) is 4.61. The molecule has 0 saturated carbocycles. The third-order valence-electron chi connectivity index (χ3n) is 3.58. The highest BCUT2D eigenvalue weighted by Crippen LogP contribution is 2.41. The van der Waals surface area contributed by atoms with E-state index in [0.29, 0.717) is 10.9 Å². The predicted octanol–water partition coefficient (Wildman–Crippen LogP) is 2.32. The second kappa shape index (κ2) is 6.23. The second-order valence-corrected chi connectivity index (χ2v) is 9.23. The molecule has 0 bridgehead atoms. The third kappa shape index (κ3) is 3.35. The fourth-order valence-corrected chi connectivity index (χ4v) is 6.80. The summed E-state index contributed by atoms with van der Waals surface area (Å²) in [4.78, 5) is 17.1. The van der Waals surface area contributed by atoms with E-state index in [-0.39, 0.29) is 33.7 Å². The lowest BCUT2D eigenvalue weighted by Crippen LogP contribution is -2.37. The lowest BCUT2D eigenvalue weighted by molar-refractivity contribution is -0.115. The van der Waals surface area contributed by atoms with E-state index in [4.69, 9.17) is 23.2 Å². The molecule has 2 aliphatic rings. The first-order chi connectivity index (χ1) is 10.8. The first-order valence-corrected chi connectivity index (χ1v) is 10.2. The quantitative estimate of drug-likeness (QED) is 0.717. The zero-order valence-corrected chi connectivity index (χ0v) is 14.7. The van der Waals surface area contributed by atoms with Crippen LogP contribution in [0.3, 0.4) is 0 Å². The first-order valence-electron chi connectivity index (χ1n) is 6.59. The minimum Gasteiger partial charge on any atom is -0.316 e. The van der Waals surface area contributed by atoms with Gasteiger partial charge in [0.2, 0.25) is 0 Å². The minimum atomic E-state index is -3.16. The summed E-state index contributed by atoms with van der Waals surface area (Å²) in [5, 5.41) is 0.0498. The molecule has 10 heteroatoms. The zero-order valence-electron chi connectivity index (χ0n) is 11.6. The molecule has 2 heterocycles. The molecule has 0 radical (unpaired) electrons. The summed E-state index contributed by atoms with van der Waals surface area (Å²) < 4.78 is 37.1. The molecule has 23 heavy (non-hydrogen) atoms. The molecule has 2 fully saturated rings. The molecule has 1 aromatic rings. The highest BCUT2D eigenvalue weighted by molar-refractivity contribution is 8.16. The summed E-state index contributed by atoms with van der Waals surface area (Å²) in [6, 6.07) is 3.70. The monoisotopic (exact) mass is 396 g/mol. The molecule has 0 N–H and O–H groups in total. The number of amides is 1. The van der Waals surface area contributed by atoms with E-state index in [1.807, 2.05) is 0 Å². The molecule has 0 spiro atoms. The first kappa shape index (κ1) is 17.0. The highest BCUT2D eigenvalue weighted by atomic mass is 35.5. The summed E-state index contributed by atoms with van der Waals surface area (Å²) in [5.74, 6) is -1.39. The summed E-state index contributed by atoms with van der Waals surface area (Å²) in [7, 11) is -3.16. The maximum absolute atomic E-state index is 13.4. The fraction of sp³-hybridized carbons (Fsp3) is 0.385. The SMILES string of the molecule is O=C(CCl)N=C1S[C@@H]2CS(=O)(=O)C[C@@H]2N1c1ccc(F)c(Cl)c1. The summed E-state index contributed by atoms with van der Waals surface area (Å²) in [6.45, 7) is 0. The molecule has 3 rings (SSSR count). The maximum Gasteiger partial charge on any atom is 0.262 e. The van der Waals surface area contributed by atoms with Gasteiger partial charge >= 0.3 is 0 Å². The van der Waals surface area contributed by atoms with Gasteiger partial charge in [-0.15, -0.1) is 11.6 Å². The van der Waals surface area contributed by atoms with E-state index < -0.39 is 21.6 Å². The van der Waals surface area contributed by atoms with Crippen LogP contribution >= 0.6 is 35.0 Å². The van der Waals surface area contributed by atoms with Gasteiger partial charge in [-0.3, -0.25) is 4.79 Å². The predicted molar refractivity (Wildman–Crippen MR) is 90.9 cm³/mol. The van der Waals surface area contributed by atoms with Gasteiger partial charge < -0.3 is 4.90 Å². The number of sulfone groups is 1. The number of aliphatic imine (C=N–C) groups is 1. The van der Waals surface area contributed by atoms with E-state index in [1.54, 1.807) is 4.90 Å². The molecule has 0 aromatic heterocycles. The van der Waals surface area contributed by atoms with Crippen LogP contribution in [0, 0.1) is 5.82 Å². The standard InChI is InChI=1S/C13H11Cl2FN2O3S2/c14-4-12(19)17-13-18(7-1-2-9(16)8(15)3-7)10-5-23(20,21)6-11(10)22-13/h1-3,10-11H,4-6H2/t10-,11+/m0/s1. The topological polar surface area (TPSA) is 66.8 Å². The Balaban J connectivity index is 2.04. The summed E-state index contributed by atoms with van der Waals surface area (Å²) >= 11 is 12.5. The Hall–Kier alpha value is -0.830. The van der Waals surface area contributed by atoms with Gasteiger partial charge in [0.25, 0.3) is 5.91 Å². The van der Waals surface area contributed by atoms with Crippen molar-refractivity contribution in [3.05, 3.63) is 29.0 Å². The Morgan fingerprint density at radius 2 is 2.17 bits per heavy atom. The number of carbonyl (C=O) groups excluding carboxylic acids is 1. The third-order valence-corrected chi connectivity index (χ3v) is 7.31. The molecule has 5 nitrogen and oxygen atoms in total. The van der Waals surface area contributed by atoms with Crippen LogP contribution in [0.25, 0.3) is 0 Å². The van der Waals surface area contributed by atoms with Crippen LogP contribution in [0.5, 0.6) is 0 Å². The molecule has 124 valence electrons. The molecule has 0 aliphatic carbocycles. The van der Waals surface area contributed by atoms with E-state index in [1.165, 1.54) is 30.0 Å². The number of benzene rings is 1. The number of alkyl halides is 1. The lowest BCUT2D eigenvalue weighted by atomic mass is 10.2. The number of halogens is 3. The van der Waals surface area contributed by atoms with Gasteiger partial charge in [0.05, 0.1) is 22.6 Å². The summed E-state index contributed by atoms with van der Waals surface area (Å²) in [5.41, 5.74) is 0.495. The fourth-order valence-electron chi connectivity index (χ4n) is 2.64. The number of thioether (sulfide) groups is 1. The van der Waals surface area contributed by atoms with Crippen molar-refractivity contribution in [2.24, 2.45) is 4.99 Å². The van der Waals surface area contributed by atoms with E-state index in [0.717, 1.165) is 0 Å². The molecule has 0 unspecified atom stereocenters. The molecule has 1 amide bonds. The van der Waals surface area contributed by atoms with Crippen molar-refractivity contribution in [1.29, 1.82) is 0 Å². The highest BCUT2D eigenvalue weighted by Gasteiger charge is 2.49. The molecule has 1 aromatic carbocycles. The molecule has 2 saturated heterocycles. The molecule has 2 aliphatic heterocycles. The van der Waals surface area contributed by atoms with Gasteiger partial charge in [-0.25, -0.2) is 12.8 Å². The van der Waals surface area contributed by atoms with Gasteiger partial charge in [-0.05, 0) is 18.2 Å². The number of fused-ring (bicyclic) bond motifs is 1. The van der Waals surface area contributed by atoms with E-state index >= 15 is 0 Å².